The van der Waals surface area contributed by atoms with Crippen LogP contribution >= 0.6 is 0 Å². The van der Waals surface area contributed by atoms with Crippen LogP contribution in [-0.4, -0.2) is 14.5 Å². The molecule has 0 saturated carbocycles. The summed E-state index contributed by atoms with van der Waals surface area (Å²) in [5.74, 6) is 0. The van der Waals surface area contributed by atoms with E-state index < -0.39 is 0 Å². The Morgan fingerprint density at radius 2 is 1.92 bits per heavy atom. The van der Waals surface area contributed by atoms with E-state index in [2.05, 4.69) is 9.97 Å². The molecule has 0 amide bonds. The number of fused-ring (bicyclic) bond motifs is 1. The first-order valence-corrected chi connectivity index (χ1v) is 4.51. The van der Waals surface area contributed by atoms with Crippen LogP contribution < -0.4 is 0 Å². The summed E-state index contributed by atoms with van der Waals surface area (Å²) < 4.78 is 1.92. The van der Waals surface area contributed by atoms with Gasteiger partial charge in [-0.1, -0.05) is 13.8 Å². The SMILES string of the molecule is CC.Cc1ccnc2c1ncn2C. The minimum absolute atomic E-state index is 0.949. The molecule has 70 valence electrons. The molecule has 0 aromatic carbocycles. The summed E-state index contributed by atoms with van der Waals surface area (Å²) in [5, 5.41) is 0. The number of rotatable bonds is 0. The molecule has 2 rings (SSSR count). The minimum atomic E-state index is 0.949. The number of hydrogen-bond donors (Lipinski definition) is 0. The lowest BCUT2D eigenvalue weighted by molar-refractivity contribution is 0.931. The third-order valence-electron chi connectivity index (χ3n) is 1.80. The molecule has 3 heteroatoms. The summed E-state index contributed by atoms with van der Waals surface area (Å²) in [6.07, 6.45) is 3.59. The van der Waals surface area contributed by atoms with Gasteiger partial charge in [0.15, 0.2) is 5.65 Å². The van der Waals surface area contributed by atoms with Crippen molar-refractivity contribution in [3.05, 3.63) is 24.2 Å². The highest BCUT2D eigenvalue weighted by Gasteiger charge is 2.01. The zero-order valence-corrected chi connectivity index (χ0v) is 8.57. The van der Waals surface area contributed by atoms with E-state index >= 15 is 0 Å². The molecule has 2 heterocycles. The molecule has 0 aliphatic carbocycles. The van der Waals surface area contributed by atoms with Gasteiger partial charge < -0.3 is 4.57 Å². The van der Waals surface area contributed by atoms with E-state index in [9.17, 15) is 0 Å². The Kier molecular flexibility index (Phi) is 3.01. The molecule has 0 N–H and O–H groups in total. The lowest BCUT2D eigenvalue weighted by atomic mass is 10.3. The van der Waals surface area contributed by atoms with Gasteiger partial charge in [0.05, 0.1) is 6.33 Å². The standard InChI is InChI=1S/C8H9N3.C2H6/c1-6-3-4-9-8-7(6)10-5-11(8)2;1-2/h3-5H,1-2H3;1-2H3. The Bertz CT molecular complexity index is 390. The first kappa shape index (κ1) is 9.71. The Morgan fingerprint density at radius 3 is 2.54 bits per heavy atom. The van der Waals surface area contributed by atoms with Gasteiger partial charge in [-0.2, -0.15) is 0 Å². The number of aryl methyl sites for hydroxylation is 2. The zero-order chi connectivity index (χ0) is 9.84. The highest BCUT2D eigenvalue weighted by Crippen LogP contribution is 2.11. The molecule has 0 atom stereocenters. The van der Waals surface area contributed by atoms with Crippen molar-refractivity contribution in [3.63, 3.8) is 0 Å². The first-order valence-electron chi connectivity index (χ1n) is 4.51. The average Bonchev–Trinajstić information content (AvgIpc) is 2.53. The van der Waals surface area contributed by atoms with Crippen molar-refractivity contribution in [2.24, 2.45) is 7.05 Å². The van der Waals surface area contributed by atoms with Crippen LogP contribution in [0.5, 0.6) is 0 Å². The molecule has 0 bridgehead atoms. The summed E-state index contributed by atoms with van der Waals surface area (Å²) in [5.41, 5.74) is 3.12. The smallest absolute Gasteiger partial charge is 0.159 e. The molecule has 13 heavy (non-hydrogen) atoms. The number of hydrogen-bond acceptors (Lipinski definition) is 2. The van der Waals surface area contributed by atoms with Crippen molar-refractivity contribution in [1.29, 1.82) is 0 Å². The fraction of sp³-hybridized carbons (Fsp3) is 0.400. The maximum Gasteiger partial charge on any atom is 0.159 e. The number of aromatic nitrogens is 3. The lowest BCUT2D eigenvalue weighted by Gasteiger charge is -1.93. The van der Waals surface area contributed by atoms with E-state index in [4.69, 9.17) is 0 Å². The summed E-state index contributed by atoms with van der Waals surface area (Å²) in [7, 11) is 1.95. The van der Waals surface area contributed by atoms with E-state index in [1.165, 1.54) is 5.56 Å². The largest absolute Gasteiger partial charge is 0.318 e. The van der Waals surface area contributed by atoms with Gasteiger partial charge in [-0.15, -0.1) is 0 Å². The summed E-state index contributed by atoms with van der Waals surface area (Å²) in [6, 6.07) is 1.97. The zero-order valence-electron chi connectivity index (χ0n) is 8.57. The Labute approximate surface area is 78.4 Å². The predicted octanol–water partition coefficient (Wildman–Crippen LogP) is 2.30. The third kappa shape index (κ3) is 1.69. The molecular weight excluding hydrogens is 162 g/mol. The van der Waals surface area contributed by atoms with Crippen molar-refractivity contribution in [2.75, 3.05) is 0 Å². The van der Waals surface area contributed by atoms with Gasteiger partial charge in [0, 0.05) is 13.2 Å². The summed E-state index contributed by atoms with van der Waals surface area (Å²) in [6.45, 7) is 6.04. The van der Waals surface area contributed by atoms with Crippen molar-refractivity contribution >= 4 is 11.2 Å². The van der Waals surface area contributed by atoms with E-state index in [1.54, 1.807) is 12.5 Å². The van der Waals surface area contributed by atoms with Crippen molar-refractivity contribution < 1.29 is 0 Å². The van der Waals surface area contributed by atoms with Gasteiger partial charge in [0.2, 0.25) is 0 Å². The molecule has 0 saturated heterocycles. The summed E-state index contributed by atoms with van der Waals surface area (Å²) >= 11 is 0. The fourth-order valence-electron chi connectivity index (χ4n) is 1.15. The number of nitrogens with zero attached hydrogens (tertiary/aromatic N) is 3. The van der Waals surface area contributed by atoms with Gasteiger partial charge in [0.1, 0.15) is 5.52 Å². The maximum atomic E-state index is 4.22. The molecule has 2 aromatic rings. The highest BCUT2D eigenvalue weighted by molar-refractivity contribution is 5.74. The Hall–Kier alpha value is -1.38. The molecule has 0 fully saturated rings. The number of pyridine rings is 1. The van der Waals surface area contributed by atoms with Crippen LogP contribution in [0.1, 0.15) is 19.4 Å². The van der Waals surface area contributed by atoms with Crippen molar-refractivity contribution in [1.82, 2.24) is 14.5 Å². The number of imidazole rings is 1. The van der Waals surface area contributed by atoms with E-state index in [0.29, 0.717) is 0 Å². The Morgan fingerprint density at radius 1 is 1.23 bits per heavy atom. The van der Waals surface area contributed by atoms with Crippen LogP contribution in [0.15, 0.2) is 18.6 Å². The van der Waals surface area contributed by atoms with Crippen LogP contribution in [0, 0.1) is 6.92 Å². The normalized spacial score (nSPS) is 9.54. The quantitative estimate of drug-likeness (QED) is 0.618. The topological polar surface area (TPSA) is 30.7 Å². The second-order valence-corrected chi connectivity index (χ2v) is 2.66. The Balaban J connectivity index is 0.000000396. The van der Waals surface area contributed by atoms with E-state index in [-0.39, 0.29) is 0 Å². The average molecular weight is 177 g/mol. The second-order valence-electron chi connectivity index (χ2n) is 2.66. The first-order chi connectivity index (χ1) is 6.29. The molecule has 0 unspecified atom stereocenters. The van der Waals surface area contributed by atoms with E-state index in [1.807, 2.05) is 38.5 Å². The molecule has 0 radical (unpaired) electrons. The van der Waals surface area contributed by atoms with Gasteiger partial charge in [0.25, 0.3) is 0 Å². The fourth-order valence-corrected chi connectivity index (χ4v) is 1.15. The maximum absolute atomic E-state index is 4.22. The van der Waals surface area contributed by atoms with E-state index in [0.717, 1.165) is 11.2 Å². The van der Waals surface area contributed by atoms with Crippen LogP contribution in [0.2, 0.25) is 0 Å². The van der Waals surface area contributed by atoms with Crippen molar-refractivity contribution in [2.45, 2.75) is 20.8 Å². The monoisotopic (exact) mass is 177 g/mol. The molecule has 2 aromatic heterocycles. The minimum Gasteiger partial charge on any atom is -0.318 e. The van der Waals surface area contributed by atoms with Crippen LogP contribution in [0.4, 0.5) is 0 Å². The summed E-state index contributed by atoms with van der Waals surface area (Å²) in [4.78, 5) is 8.42. The second kappa shape index (κ2) is 4.03. The molecule has 0 aliphatic heterocycles. The van der Waals surface area contributed by atoms with Crippen molar-refractivity contribution in [3.8, 4) is 0 Å². The van der Waals surface area contributed by atoms with Gasteiger partial charge in [-0.05, 0) is 18.6 Å². The van der Waals surface area contributed by atoms with Gasteiger partial charge >= 0.3 is 0 Å². The third-order valence-corrected chi connectivity index (χ3v) is 1.80. The van der Waals surface area contributed by atoms with Crippen LogP contribution in [-0.2, 0) is 7.05 Å². The molecule has 0 spiro atoms. The molecule has 0 aliphatic rings. The lowest BCUT2D eigenvalue weighted by Crippen LogP contribution is -1.87. The van der Waals surface area contributed by atoms with Crippen LogP contribution in [0.25, 0.3) is 11.2 Å². The van der Waals surface area contributed by atoms with Gasteiger partial charge in [-0.3, -0.25) is 0 Å². The van der Waals surface area contributed by atoms with Crippen LogP contribution in [0.3, 0.4) is 0 Å². The highest BCUT2D eigenvalue weighted by atomic mass is 15.1. The molecular formula is C10H15N3. The predicted molar refractivity (Wildman–Crippen MR) is 54.6 cm³/mol. The molecule has 3 nitrogen and oxygen atoms in total. The van der Waals surface area contributed by atoms with Gasteiger partial charge in [-0.25, -0.2) is 9.97 Å².